The Hall–Kier alpha value is -2.07. The summed E-state index contributed by atoms with van der Waals surface area (Å²) in [7, 11) is 0. The summed E-state index contributed by atoms with van der Waals surface area (Å²) in [5, 5.41) is 9.01. The van der Waals surface area contributed by atoms with Crippen LogP contribution in [0.25, 0.3) is 16.9 Å². The fourth-order valence-electron chi connectivity index (χ4n) is 2.61. The van der Waals surface area contributed by atoms with Gasteiger partial charge in [0.15, 0.2) is 5.65 Å². The lowest BCUT2D eigenvalue weighted by Crippen LogP contribution is -2.16. The molecule has 23 heavy (non-hydrogen) atoms. The summed E-state index contributed by atoms with van der Waals surface area (Å²) < 4.78 is 1.89. The first-order chi connectivity index (χ1) is 11.0. The molecule has 0 amide bonds. The largest absolute Gasteiger partial charge is 0.367 e. The number of anilines is 1. The molecule has 5 heteroatoms. The molecule has 1 aromatic carbocycles. The Bertz CT molecular complexity index is 854. The van der Waals surface area contributed by atoms with Crippen LogP contribution in [0.5, 0.6) is 0 Å². The molecule has 0 aliphatic rings. The van der Waals surface area contributed by atoms with Gasteiger partial charge in [-0.1, -0.05) is 30.7 Å². The Morgan fingerprint density at radius 1 is 1.26 bits per heavy atom. The zero-order valence-corrected chi connectivity index (χ0v) is 14.6. The highest BCUT2D eigenvalue weighted by Crippen LogP contribution is 2.28. The molecule has 2 heterocycles. The van der Waals surface area contributed by atoms with E-state index in [1.54, 1.807) is 0 Å². The minimum absolute atomic E-state index is 0.374. The molecule has 0 saturated carbocycles. The third kappa shape index (κ3) is 3.04. The molecule has 1 N–H and O–H groups in total. The first-order valence-corrected chi connectivity index (χ1v) is 8.27. The lowest BCUT2D eigenvalue weighted by atomic mass is 10.1. The van der Waals surface area contributed by atoms with E-state index in [9.17, 15) is 0 Å². The molecule has 3 rings (SSSR count). The molecule has 0 saturated heterocycles. The highest BCUT2D eigenvalue weighted by atomic mass is 35.5. The Morgan fingerprint density at radius 3 is 2.74 bits per heavy atom. The van der Waals surface area contributed by atoms with Crippen LogP contribution >= 0.6 is 11.6 Å². The van der Waals surface area contributed by atoms with Crippen LogP contribution in [0.2, 0.25) is 5.02 Å². The van der Waals surface area contributed by atoms with Crippen molar-refractivity contribution in [3.05, 3.63) is 46.6 Å². The van der Waals surface area contributed by atoms with Crippen molar-refractivity contribution >= 4 is 23.1 Å². The Morgan fingerprint density at radius 2 is 2.04 bits per heavy atom. The van der Waals surface area contributed by atoms with Crippen molar-refractivity contribution in [3.63, 3.8) is 0 Å². The van der Waals surface area contributed by atoms with E-state index in [0.717, 1.165) is 40.4 Å². The Labute approximate surface area is 141 Å². The van der Waals surface area contributed by atoms with E-state index in [4.69, 9.17) is 16.7 Å². The summed E-state index contributed by atoms with van der Waals surface area (Å²) in [5.41, 5.74) is 4.84. The third-order valence-corrected chi connectivity index (χ3v) is 4.29. The second-order valence-electron chi connectivity index (χ2n) is 5.96. The van der Waals surface area contributed by atoms with Gasteiger partial charge in [-0.3, -0.25) is 0 Å². The number of hydrogen-bond donors (Lipinski definition) is 1. The molecular weight excluding hydrogens is 308 g/mol. The summed E-state index contributed by atoms with van der Waals surface area (Å²) in [6.07, 6.45) is 1.05. The van der Waals surface area contributed by atoms with Crippen molar-refractivity contribution in [2.75, 3.05) is 5.32 Å². The van der Waals surface area contributed by atoms with Gasteiger partial charge >= 0.3 is 0 Å². The van der Waals surface area contributed by atoms with Gasteiger partial charge in [-0.25, -0.2) is 4.98 Å². The number of fused-ring (bicyclic) bond motifs is 1. The zero-order chi connectivity index (χ0) is 16.6. The van der Waals surface area contributed by atoms with Crippen LogP contribution in [-0.4, -0.2) is 20.6 Å². The van der Waals surface area contributed by atoms with E-state index in [1.807, 2.05) is 41.8 Å². The third-order valence-electron chi connectivity index (χ3n) is 4.05. The van der Waals surface area contributed by atoms with Crippen molar-refractivity contribution in [3.8, 4) is 11.3 Å². The molecule has 1 atom stereocenters. The number of nitrogens with one attached hydrogen (secondary N) is 1. The second kappa shape index (κ2) is 6.20. The lowest BCUT2D eigenvalue weighted by molar-refractivity contribution is 0.748. The van der Waals surface area contributed by atoms with Crippen LogP contribution in [0.15, 0.2) is 30.3 Å². The number of rotatable bonds is 4. The topological polar surface area (TPSA) is 42.2 Å². The van der Waals surface area contributed by atoms with Gasteiger partial charge in [-0.2, -0.15) is 9.61 Å². The van der Waals surface area contributed by atoms with Crippen molar-refractivity contribution in [1.29, 1.82) is 0 Å². The molecular formula is C18H21ClN4. The molecule has 0 aliphatic heterocycles. The lowest BCUT2D eigenvalue weighted by Gasteiger charge is -2.14. The summed E-state index contributed by atoms with van der Waals surface area (Å²) >= 11 is 6.13. The fraction of sp³-hybridized carbons (Fsp3) is 0.333. The Kier molecular flexibility index (Phi) is 4.26. The van der Waals surface area contributed by atoms with Gasteiger partial charge in [-0.15, -0.1) is 0 Å². The van der Waals surface area contributed by atoms with E-state index in [-0.39, 0.29) is 0 Å². The van der Waals surface area contributed by atoms with Crippen LogP contribution in [0.1, 0.15) is 31.5 Å². The minimum atomic E-state index is 0.374. The fourth-order valence-corrected chi connectivity index (χ4v) is 2.80. The monoisotopic (exact) mass is 328 g/mol. The van der Waals surface area contributed by atoms with Crippen LogP contribution in [-0.2, 0) is 0 Å². The normalized spacial score (nSPS) is 12.6. The zero-order valence-electron chi connectivity index (χ0n) is 13.9. The van der Waals surface area contributed by atoms with Gasteiger partial charge in [0.05, 0.1) is 5.69 Å². The van der Waals surface area contributed by atoms with E-state index < -0.39 is 0 Å². The second-order valence-corrected chi connectivity index (χ2v) is 6.39. The number of hydrogen-bond acceptors (Lipinski definition) is 3. The minimum Gasteiger partial charge on any atom is -0.367 e. The predicted octanol–water partition coefficient (Wildman–Crippen LogP) is 4.88. The molecule has 0 radical (unpaired) electrons. The summed E-state index contributed by atoms with van der Waals surface area (Å²) in [6.45, 7) is 8.38. The number of nitrogens with zero attached hydrogens (tertiary/aromatic N) is 3. The molecule has 0 aliphatic carbocycles. The number of halogens is 1. The van der Waals surface area contributed by atoms with Crippen LogP contribution in [0, 0.1) is 13.8 Å². The smallest absolute Gasteiger partial charge is 0.161 e. The Balaban J connectivity index is 2.19. The molecule has 2 aromatic heterocycles. The van der Waals surface area contributed by atoms with E-state index in [1.165, 1.54) is 0 Å². The average Bonchev–Trinajstić information content (AvgIpc) is 2.84. The quantitative estimate of drug-likeness (QED) is 0.742. The first kappa shape index (κ1) is 15.8. The highest BCUT2D eigenvalue weighted by Gasteiger charge is 2.16. The number of aromatic nitrogens is 3. The van der Waals surface area contributed by atoms with Gasteiger partial charge in [0.25, 0.3) is 0 Å². The van der Waals surface area contributed by atoms with Gasteiger partial charge in [0, 0.05) is 34.0 Å². The predicted molar refractivity (Wildman–Crippen MR) is 96.3 cm³/mol. The average molecular weight is 329 g/mol. The first-order valence-electron chi connectivity index (χ1n) is 7.89. The summed E-state index contributed by atoms with van der Waals surface area (Å²) in [4.78, 5) is 4.67. The van der Waals surface area contributed by atoms with Crippen molar-refractivity contribution in [2.45, 2.75) is 40.2 Å². The maximum absolute atomic E-state index is 6.13. The van der Waals surface area contributed by atoms with Crippen molar-refractivity contribution in [2.24, 2.45) is 0 Å². The number of aryl methyl sites for hydroxylation is 2. The molecule has 0 unspecified atom stereocenters. The van der Waals surface area contributed by atoms with Gasteiger partial charge in [0.2, 0.25) is 0 Å². The van der Waals surface area contributed by atoms with Crippen LogP contribution in [0.3, 0.4) is 0 Å². The molecule has 0 fully saturated rings. The molecule has 0 bridgehead atoms. The maximum Gasteiger partial charge on any atom is 0.161 e. The van der Waals surface area contributed by atoms with Crippen LogP contribution in [0.4, 0.5) is 5.82 Å². The van der Waals surface area contributed by atoms with Gasteiger partial charge in [0.1, 0.15) is 5.82 Å². The summed E-state index contributed by atoms with van der Waals surface area (Å²) in [6, 6.07) is 10.2. The van der Waals surface area contributed by atoms with E-state index in [2.05, 4.69) is 31.1 Å². The van der Waals surface area contributed by atoms with Crippen molar-refractivity contribution in [1.82, 2.24) is 14.6 Å². The van der Waals surface area contributed by atoms with E-state index in [0.29, 0.717) is 11.1 Å². The van der Waals surface area contributed by atoms with Gasteiger partial charge < -0.3 is 5.32 Å². The molecule has 3 aromatic rings. The highest BCUT2D eigenvalue weighted by molar-refractivity contribution is 6.30. The van der Waals surface area contributed by atoms with Gasteiger partial charge in [-0.05, 0) is 39.3 Å². The van der Waals surface area contributed by atoms with E-state index >= 15 is 0 Å². The van der Waals surface area contributed by atoms with Crippen molar-refractivity contribution < 1.29 is 0 Å². The molecule has 4 nitrogen and oxygen atoms in total. The number of benzene rings is 1. The standard InChI is InChI=1S/C18H21ClN4/c1-5-11(2)20-16-9-12(3)21-18-13(4)17(22-23(16)18)14-7-6-8-15(19)10-14/h6-11,20H,5H2,1-4H3/t11-/m0/s1. The maximum atomic E-state index is 6.13. The molecule has 0 spiro atoms. The SMILES string of the molecule is CC[C@H](C)Nc1cc(C)nc2c(C)c(-c3cccc(Cl)c3)nn12. The van der Waals surface area contributed by atoms with Crippen LogP contribution < -0.4 is 5.32 Å². The summed E-state index contributed by atoms with van der Waals surface area (Å²) in [5.74, 6) is 0.971. The molecule has 120 valence electrons.